The van der Waals surface area contributed by atoms with Gasteiger partial charge in [0.25, 0.3) is 0 Å². The fraction of sp³-hybridized carbons (Fsp3) is 0.267. The number of hydrogen-bond donors (Lipinski definition) is 0. The Labute approximate surface area is 197 Å². The zero-order valence-electron chi connectivity index (χ0n) is 19.2. The van der Waals surface area contributed by atoms with Gasteiger partial charge in [-0.3, -0.25) is 0 Å². The SMILES string of the molecule is C#CC(CCC)(CCCc1ccc(F)c(Oc2ccccc2)c1)c1ccc(OCC=C)cc1. The first-order chi connectivity index (χ1) is 16.1. The van der Waals surface area contributed by atoms with Crippen LogP contribution in [0.25, 0.3) is 0 Å². The molecule has 0 bridgehead atoms. The van der Waals surface area contributed by atoms with Crippen molar-refractivity contribution in [2.45, 2.75) is 44.4 Å². The Morgan fingerprint density at radius 1 is 1.00 bits per heavy atom. The average Bonchev–Trinajstić information content (AvgIpc) is 2.85. The van der Waals surface area contributed by atoms with Gasteiger partial charge in [-0.1, -0.05) is 68.3 Å². The zero-order valence-corrected chi connectivity index (χ0v) is 19.2. The lowest BCUT2D eigenvalue weighted by Gasteiger charge is -2.29. The number of terminal acetylenes is 1. The highest BCUT2D eigenvalue weighted by Gasteiger charge is 2.28. The van der Waals surface area contributed by atoms with Crippen LogP contribution in [-0.2, 0) is 11.8 Å². The molecule has 0 aliphatic heterocycles. The first-order valence-electron chi connectivity index (χ1n) is 11.4. The van der Waals surface area contributed by atoms with E-state index in [1.165, 1.54) is 6.07 Å². The number of benzene rings is 3. The second-order valence-corrected chi connectivity index (χ2v) is 8.13. The van der Waals surface area contributed by atoms with E-state index in [9.17, 15) is 4.39 Å². The van der Waals surface area contributed by atoms with Crippen LogP contribution in [0.5, 0.6) is 17.2 Å². The molecule has 0 aliphatic rings. The molecule has 1 unspecified atom stereocenters. The Morgan fingerprint density at radius 2 is 1.76 bits per heavy atom. The Kier molecular flexibility index (Phi) is 8.72. The number of ether oxygens (including phenoxy) is 2. The molecular weight excluding hydrogens is 411 g/mol. The summed E-state index contributed by atoms with van der Waals surface area (Å²) in [5.41, 5.74) is 1.82. The molecule has 0 heterocycles. The predicted octanol–water partition coefficient (Wildman–Crippen LogP) is 7.88. The molecule has 0 amide bonds. The molecular formula is C30H31FO2. The third kappa shape index (κ3) is 6.49. The van der Waals surface area contributed by atoms with E-state index in [2.05, 4.69) is 31.6 Å². The van der Waals surface area contributed by atoms with Crippen LogP contribution >= 0.6 is 0 Å². The van der Waals surface area contributed by atoms with Crippen LogP contribution in [0.15, 0.2) is 85.5 Å². The van der Waals surface area contributed by atoms with Gasteiger partial charge in [-0.2, -0.15) is 0 Å². The second-order valence-electron chi connectivity index (χ2n) is 8.13. The van der Waals surface area contributed by atoms with Crippen molar-refractivity contribution in [1.82, 2.24) is 0 Å². The number of hydrogen-bond acceptors (Lipinski definition) is 2. The molecule has 0 aliphatic carbocycles. The molecule has 170 valence electrons. The normalized spacial score (nSPS) is 12.4. The summed E-state index contributed by atoms with van der Waals surface area (Å²) in [7, 11) is 0. The summed E-state index contributed by atoms with van der Waals surface area (Å²) in [6.45, 7) is 6.31. The van der Waals surface area contributed by atoms with Gasteiger partial charge < -0.3 is 9.47 Å². The van der Waals surface area contributed by atoms with Crippen LogP contribution in [0.3, 0.4) is 0 Å². The fourth-order valence-corrected chi connectivity index (χ4v) is 4.08. The summed E-state index contributed by atoms with van der Waals surface area (Å²) in [6.07, 6.45) is 12.2. The van der Waals surface area contributed by atoms with E-state index in [-0.39, 0.29) is 17.0 Å². The summed E-state index contributed by atoms with van der Waals surface area (Å²) in [4.78, 5) is 0. The first kappa shape index (κ1) is 24.1. The van der Waals surface area contributed by atoms with Crippen molar-refractivity contribution in [1.29, 1.82) is 0 Å². The van der Waals surface area contributed by atoms with Crippen molar-refractivity contribution in [3.05, 3.63) is 102 Å². The van der Waals surface area contributed by atoms with Crippen LogP contribution in [0, 0.1) is 18.2 Å². The van der Waals surface area contributed by atoms with Gasteiger partial charge in [0, 0.05) is 0 Å². The van der Waals surface area contributed by atoms with Gasteiger partial charge in [-0.25, -0.2) is 4.39 Å². The minimum Gasteiger partial charge on any atom is -0.490 e. The van der Waals surface area contributed by atoms with Crippen LogP contribution < -0.4 is 9.47 Å². The van der Waals surface area contributed by atoms with Crippen LogP contribution in [-0.4, -0.2) is 6.61 Å². The summed E-state index contributed by atoms with van der Waals surface area (Å²) in [5, 5.41) is 0. The molecule has 1 atom stereocenters. The Balaban J connectivity index is 1.70. The van der Waals surface area contributed by atoms with E-state index in [1.54, 1.807) is 12.1 Å². The van der Waals surface area contributed by atoms with Gasteiger partial charge in [0.2, 0.25) is 0 Å². The topological polar surface area (TPSA) is 18.5 Å². The highest BCUT2D eigenvalue weighted by molar-refractivity contribution is 5.39. The minimum absolute atomic E-state index is 0.241. The molecule has 3 rings (SSSR count). The van der Waals surface area contributed by atoms with Gasteiger partial charge in [-0.05, 0) is 73.2 Å². The molecule has 0 spiro atoms. The van der Waals surface area contributed by atoms with Crippen molar-refractivity contribution >= 4 is 0 Å². The maximum Gasteiger partial charge on any atom is 0.165 e. The molecule has 0 N–H and O–H groups in total. The molecule has 3 aromatic rings. The summed E-state index contributed by atoms with van der Waals surface area (Å²) in [6, 6.07) is 22.4. The zero-order chi connectivity index (χ0) is 23.5. The van der Waals surface area contributed by atoms with Crippen LogP contribution in [0.1, 0.15) is 43.7 Å². The van der Waals surface area contributed by atoms with Crippen LogP contribution in [0.2, 0.25) is 0 Å². The average molecular weight is 443 g/mol. The maximum atomic E-state index is 14.3. The van der Waals surface area contributed by atoms with E-state index in [0.29, 0.717) is 12.4 Å². The van der Waals surface area contributed by atoms with Crippen molar-refractivity contribution in [2.75, 3.05) is 6.61 Å². The smallest absolute Gasteiger partial charge is 0.165 e. The highest BCUT2D eigenvalue weighted by atomic mass is 19.1. The highest BCUT2D eigenvalue weighted by Crippen LogP contribution is 2.35. The van der Waals surface area contributed by atoms with Gasteiger partial charge in [-0.15, -0.1) is 6.42 Å². The van der Waals surface area contributed by atoms with Crippen molar-refractivity contribution in [2.24, 2.45) is 0 Å². The maximum absolute atomic E-state index is 14.3. The van der Waals surface area contributed by atoms with Gasteiger partial charge in [0.15, 0.2) is 11.6 Å². The molecule has 0 saturated carbocycles. The van der Waals surface area contributed by atoms with Gasteiger partial charge in [0.1, 0.15) is 18.1 Å². The Hall–Kier alpha value is -3.51. The van der Waals surface area contributed by atoms with Gasteiger partial charge >= 0.3 is 0 Å². The summed E-state index contributed by atoms with van der Waals surface area (Å²) >= 11 is 0. The fourth-order valence-electron chi connectivity index (χ4n) is 4.08. The lowest BCUT2D eigenvalue weighted by molar-refractivity contribution is 0.362. The van der Waals surface area contributed by atoms with Crippen molar-refractivity contribution in [3.8, 4) is 29.6 Å². The molecule has 0 aromatic heterocycles. The first-order valence-corrected chi connectivity index (χ1v) is 11.4. The van der Waals surface area contributed by atoms with Gasteiger partial charge in [0.05, 0.1) is 5.41 Å². The summed E-state index contributed by atoms with van der Waals surface area (Å²) < 4.78 is 25.6. The standard InChI is InChI=1S/C30H31FO2/c1-4-20-30(6-3,25-15-17-26(18-16-25)32-22-5-2)21-10-11-24-14-19-28(31)29(23-24)33-27-12-8-7-9-13-27/h3,5,7-9,12-19,23H,2,4,10-11,20-22H2,1H3. The predicted molar refractivity (Wildman–Crippen MR) is 133 cm³/mol. The van der Waals surface area contributed by atoms with E-state index in [4.69, 9.17) is 15.9 Å². The molecule has 0 fully saturated rings. The Bertz CT molecular complexity index is 1070. The summed E-state index contributed by atoms with van der Waals surface area (Å²) in [5.74, 6) is 4.38. The van der Waals surface area contributed by atoms with Crippen LogP contribution in [0.4, 0.5) is 4.39 Å². The molecule has 0 radical (unpaired) electrons. The van der Waals surface area contributed by atoms with E-state index >= 15 is 0 Å². The molecule has 33 heavy (non-hydrogen) atoms. The third-order valence-electron chi connectivity index (χ3n) is 5.76. The third-order valence-corrected chi connectivity index (χ3v) is 5.76. The van der Waals surface area contributed by atoms with E-state index in [0.717, 1.165) is 49.0 Å². The minimum atomic E-state index is -0.370. The second kappa shape index (κ2) is 11.9. The largest absolute Gasteiger partial charge is 0.490 e. The number of rotatable bonds is 12. The van der Waals surface area contributed by atoms with E-state index in [1.807, 2.05) is 48.5 Å². The van der Waals surface area contributed by atoms with E-state index < -0.39 is 0 Å². The quantitative estimate of drug-likeness (QED) is 0.210. The number of halogens is 1. The lowest BCUT2D eigenvalue weighted by Crippen LogP contribution is -2.24. The lowest BCUT2D eigenvalue weighted by atomic mass is 9.73. The number of aryl methyl sites for hydroxylation is 1. The monoisotopic (exact) mass is 442 g/mol. The van der Waals surface area contributed by atoms with Crippen molar-refractivity contribution < 1.29 is 13.9 Å². The van der Waals surface area contributed by atoms with Crippen molar-refractivity contribution in [3.63, 3.8) is 0 Å². The Morgan fingerprint density at radius 3 is 2.42 bits per heavy atom. The molecule has 2 nitrogen and oxygen atoms in total. The number of para-hydroxylation sites is 1. The molecule has 3 aromatic carbocycles. The molecule has 0 saturated heterocycles. The molecule has 3 heteroatoms.